The van der Waals surface area contributed by atoms with Crippen molar-refractivity contribution in [2.75, 3.05) is 0 Å². The second kappa shape index (κ2) is 14.6. The molecule has 0 saturated carbocycles. The molecule has 1 atom stereocenters. The lowest BCUT2D eigenvalue weighted by Crippen LogP contribution is -2.32. The largest absolute Gasteiger partial charge is 0.342 e. The van der Waals surface area contributed by atoms with Crippen LogP contribution < -0.4 is 5.32 Å². The monoisotopic (exact) mass is 605 g/mol. The number of non-ortho nitro benzene ring substituents is 1. The van der Waals surface area contributed by atoms with Gasteiger partial charge < -0.3 is 5.32 Å². The lowest BCUT2D eigenvalue weighted by Gasteiger charge is -2.20. The van der Waals surface area contributed by atoms with Crippen LogP contribution in [0, 0.1) is 17.0 Å². The van der Waals surface area contributed by atoms with E-state index in [1.54, 1.807) is 12.1 Å². The van der Waals surface area contributed by atoms with E-state index in [4.69, 9.17) is 0 Å². The van der Waals surface area contributed by atoms with Crippen LogP contribution in [0.2, 0.25) is 0 Å². The summed E-state index contributed by atoms with van der Waals surface area (Å²) in [7, 11) is 0. The zero-order valence-electron chi connectivity index (χ0n) is 24.8. The molecule has 1 N–H and O–H groups in total. The quantitative estimate of drug-likeness (QED) is 0.0833. The van der Waals surface area contributed by atoms with Gasteiger partial charge in [0.15, 0.2) is 11.0 Å². The number of nitro benzene ring substituents is 1. The van der Waals surface area contributed by atoms with Crippen LogP contribution in [-0.4, -0.2) is 25.6 Å². The first kappa shape index (κ1) is 30.7. The summed E-state index contributed by atoms with van der Waals surface area (Å²) in [5, 5.41) is 24.4. The molecule has 1 unspecified atom stereocenters. The molecular formula is C35H35N5O3S. The highest BCUT2D eigenvalue weighted by Gasteiger charge is 2.26. The lowest BCUT2D eigenvalue weighted by molar-refractivity contribution is -0.384. The van der Waals surface area contributed by atoms with Crippen LogP contribution in [0.15, 0.2) is 108 Å². The molecule has 1 amide bonds. The second-order valence-electron chi connectivity index (χ2n) is 10.7. The van der Waals surface area contributed by atoms with Gasteiger partial charge in [-0.25, -0.2) is 0 Å². The number of nitrogens with one attached hydrogen (secondary N) is 1. The van der Waals surface area contributed by atoms with E-state index in [0.29, 0.717) is 34.4 Å². The van der Waals surface area contributed by atoms with E-state index in [9.17, 15) is 14.9 Å². The zero-order valence-corrected chi connectivity index (χ0v) is 25.7. The van der Waals surface area contributed by atoms with Crippen molar-refractivity contribution >= 4 is 23.4 Å². The van der Waals surface area contributed by atoms with Gasteiger partial charge in [-0.05, 0) is 67.1 Å². The summed E-state index contributed by atoms with van der Waals surface area (Å²) >= 11 is 1.52. The van der Waals surface area contributed by atoms with Crippen molar-refractivity contribution in [1.82, 2.24) is 20.1 Å². The van der Waals surface area contributed by atoms with Gasteiger partial charge in [0.25, 0.3) is 11.6 Å². The first-order valence-corrected chi connectivity index (χ1v) is 15.7. The molecule has 1 heterocycles. The van der Waals surface area contributed by atoms with Gasteiger partial charge in [0.1, 0.15) is 0 Å². The SMILES string of the molecule is CCCCc1ccc(C(=O)NC(Cc2ccccc2)c2nnc(SCc3cccc(C)c3)n2-c2ccc([N+](=O)[O-])cc2)cc1. The van der Waals surface area contributed by atoms with Crippen LogP contribution in [0.25, 0.3) is 5.69 Å². The number of amides is 1. The summed E-state index contributed by atoms with van der Waals surface area (Å²) in [4.78, 5) is 24.6. The Hall–Kier alpha value is -4.76. The fourth-order valence-electron chi connectivity index (χ4n) is 5.02. The van der Waals surface area contributed by atoms with Gasteiger partial charge in [-0.15, -0.1) is 10.2 Å². The summed E-state index contributed by atoms with van der Waals surface area (Å²) in [5.41, 5.74) is 5.79. The number of carbonyl (C=O) groups is 1. The Labute approximate surface area is 261 Å². The zero-order chi connectivity index (χ0) is 30.9. The second-order valence-corrected chi connectivity index (χ2v) is 11.7. The maximum absolute atomic E-state index is 13.6. The normalized spacial score (nSPS) is 11.7. The fourth-order valence-corrected chi connectivity index (χ4v) is 5.92. The molecule has 0 fully saturated rings. The first-order chi connectivity index (χ1) is 21.4. The Morgan fingerprint density at radius 1 is 0.909 bits per heavy atom. The number of aryl methyl sites for hydroxylation is 2. The van der Waals surface area contributed by atoms with E-state index < -0.39 is 11.0 Å². The third kappa shape index (κ3) is 7.79. The number of nitro groups is 1. The summed E-state index contributed by atoms with van der Waals surface area (Å²) < 4.78 is 1.89. The third-order valence-electron chi connectivity index (χ3n) is 7.36. The Kier molecular flexibility index (Phi) is 10.2. The highest BCUT2D eigenvalue weighted by Crippen LogP contribution is 2.30. The predicted octanol–water partition coefficient (Wildman–Crippen LogP) is 7.83. The molecule has 9 heteroatoms. The van der Waals surface area contributed by atoms with Crippen molar-refractivity contribution < 1.29 is 9.72 Å². The number of nitrogens with zero attached hydrogens (tertiary/aromatic N) is 4. The summed E-state index contributed by atoms with van der Waals surface area (Å²) in [6.07, 6.45) is 3.68. The molecule has 224 valence electrons. The standard InChI is InChI=1S/C35H35N5O3S/c1-3-4-10-26-14-16-29(17-15-26)34(41)36-32(23-27-11-6-5-7-12-27)33-37-38-35(44-24-28-13-8-9-25(2)22-28)39(33)30-18-20-31(21-19-30)40(42)43/h5-9,11-22,32H,3-4,10,23-24H2,1-2H3,(H,36,41). The van der Waals surface area contributed by atoms with Gasteiger partial charge in [-0.2, -0.15) is 0 Å². The molecule has 0 aliphatic rings. The fraction of sp³-hybridized carbons (Fsp3) is 0.229. The van der Waals surface area contributed by atoms with Crippen molar-refractivity contribution in [1.29, 1.82) is 0 Å². The number of hydrogen-bond acceptors (Lipinski definition) is 6. The van der Waals surface area contributed by atoms with E-state index in [1.165, 1.54) is 35.0 Å². The van der Waals surface area contributed by atoms with Crippen molar-refractivity contribution in [3.8, 4) is 5.69 Å². The lowest BCUT2D eigenvalue weighted by atomic mass is 10.0. The van der Waals surface area contributed by atoms with Crippen LogP contribution in [0.3, 0.4) is 0 Å². The molecular weight excluding hydrogens is 570 g/mol. The molecule has 0 spiro atoms. The summed E-state index contributed by atoms with van der Waals surface area (Å²) in [6.45, 7) is 4.22. The van der Waals surface area contributed by atoms with Gasteiger partial charge in [-0.3, -0.25) is 19.5 Å². The maximum Gasteiger partial charge on any atom is 0.269 e. The molecule has 0 aliphatic heterocycles. The van der Waals surface area contributed by atoms with E-state index in [2.05, 4.69) is 47.6 Å². The molecule has 44 heavy (non-hydrogen) atoms. The molecule has 0 saturated heterocycles. The minimum Gasteiger partial charge on any atom is -0.342 e. The van der Waals surface area contributed by atoms with E-state index >= 15 is 0 Å². The van der Waals surface area contributed by atoms with Crippen molar-refractivity contribution in [2.24, 2.45) is 0 Å². The number of benzene rings is 4. The molecule has 1 aromatic heterocycles. The van der Waals surface area contributed by atoms with Crippen LogP contribution in [-0.2, 0) is 18.6 Å². The van der Waals surface area contributed by atoms with Gasteiger partial charge >= 0.3 is 0 Å². The topological polar surface area (TPSA) is 103 Å². The highest BCUT2D eigenvalue weighted by molar-refractivity contribution is 7.98. The van der Waals surface area contributed by atoms with Gasteiger partial charge in [0, 0.05) is 29.1 Å². The number of hydrogen-bond donors (Lipinski definition) is 1. The summed E-state index contributed by atoms with van der Waals surface area (Å²) in [6, 6.07) is 31.8. The van der Waals surface area contributed by atoms with E-state index in [1.807, 2.05) is 65.2 Å². The van der Waals surface area contributed by atoms with Crippen LogP contribution >= 0.6 is 11.8 Å². The predicted molar refractivity (Wildman–Crippen MR) is 174 cm³/mol. The number of unbranched alkanes of at least 4 members (excludes halogenated alkanes) is 1. The van der Waals surface area contributed by atoms with Gasteiger partial charge in [0.2, 0.25) is 0 Å². The average Bonchev–Trinajstić information content (AvgIpc) is 3.47. The van der Waals surface area contributed by atoms with Crippen molar-refractivity contribution in [3.63, 3.8) is 0 Å². The Morgan fingerprint density at radius 3 is 2.32 bits per heavy atom. The minimum atomic E-state index is -0.527. The number of carbonyl (C=O) groups excluding carboxylic acids is 1. The van der Waals surface area contributed by atoms with Crippen molar-refractivity contribution in [2.45, 2.75) is 56.5 Å². The molecule has 0 radical (unpaired) electrons. The minimum absolute atomic E-state index is 0.00568. The Morgan fingerprint density at radius 2 is 1.64 bits per heavy atom. The smallest absolute Gasteiger partial charge is 0.269 e. The van der Waals surface area contributed by atoms with Crippen LogP contribution in [0.5, 0.6) is 0 Å². The average molecular weight is 606 g/mol. The van der Waals surface area contributed by atoms with Gasteiger partial charge in [0.05, 0.1) is 11.0 Å². The van der Waals surface area contributed by atoms with Crippen molar-refractivity contribution in [3.05, 3.63) is 147 Å². The van der Waals surface area contributed by atoms with Crippen LogP contribution in [0.4, 0.5) is 5.69 Å². The summed E-state index contributed by atoms with van der Waals surface area (Å²) in [5.74, 6) is 0.995. The molecule has 8 nitrogen and oxygen atoms in total. The Bertz CT molecular complexity index is 1700. The van der Waals surface area contributed by atoms with E-state index in [0.717, 1.165) is 30.4 Å². The molecule has 4 aromatic carbocycles. The highest BCUT2D eigenvalue weighted by atomic mass is 32.2. The molecule has 5 rings (SSSR count). The number of rotatable bonds is 13. The van der Waals surface area contributed by atoms with E-state index in [-0.39, 0.29) is 11.6 Å². The maximum atomic E-state index is 13.6. The Balaban J connectivity index is 1.51. The number of aromatic nitrogens is 3. The van der Waals surface area contributed by atoms with Gasteiger partial charge in [-0.1, -0.05) is 97.4 Å². The molecule has 5 aromatic rings. The number of thioether (sulfide) groups is 1. The molecule has 0 bridgehead atoms. The first-order valence-electron chi connectivity index (χ1n) is 14.7. The molecule has 0 aliphatic carbocycles. The third-order valence-corrected chi connectivity index (χ3v) is 8.36. The van der Waals surface area contributed by atoms with Crippen LogP contribution in [0.1, 0.15) is 64.2 Å².